The highest BCUT2D eigenvalue weighted by molar-refractivity contribution is 7.11. The molecule has 0 saturated heterocycles. The van der Waals surface area contributed by atoms with E-state index in [0.29, 0.717) is 0 Å². The molecular formula is C14H18N2S. The van der Waals surface area contributed by atoms with Gasteiger partial charge >= 0.3 is 0 Å². The van der Waals surface area contributed by atoms with Crippen molar-refractivity contribution in [2.75, 3.05) is 5.32 Å². The molecule has 0 bridgehead atoms. The highest BCUT2D eigenvalue weighted by Crippen LogP contribution is 2.20. The summed E-state index contributed by atoms with van der Waals surface area (Å²) in [5.41, 5.74) is 4.98. The number of nitrogens with one attached hydrogen (secondary N) is 1. The van der Waals surface area contributed by atoms with Gasteiger partial charge in [0.15, 0.2) is 0 Å². The highest BCUT2D eigenvalue weighted by Gasteiger charge is 2.04. The Morgan fingerprint density at radius 2 is 1.88 bits per heavy atom. The third kappa shape index (κ3) is 2.86. The number of hydrogen-bond donors (Lipinski definition) is 1. The standard InChI is InChI=1S/C14H18N2S/c1-9-5-6-13(7-10(9)2)15-8-14-11(3)16-12(4)17-14/h5-7,15H,8H2,1-4H3. The Morgan fingerprint density at radius 1 is 1.12 bits per heavy atom. The zero-order valence-corrected chi connectivity index (χ0v) is 11.6. The highest BCUT2D eigenvalue weighted by atomic mass is 32.1. The van der Waals surface area contributed by atoms with Crippen molar-refractivity contribution in [3.05, 3.63) is 44.9 Å². The number of aromatic nitrogens is 1. The van der Waals surface area contributed by atoms with Gasteiger partial charge in [0.25, 0.3) is 0 Å². The summed E-state index contributed by atoms with van der Waals surface area (Å²) in [6.07, 6.45) is 0. The van der Waals surface area contributed by atoms with E-state index in [0.717, 1.165) is 17.2 Å². The minimum Gasteiger partial charge on any atom is -0.380 e. The fraction of sp³-hybridized carbons (Fsp3) is 0.357. The van der Waals surface area contributed by atoms with Gasteiger partial charge in [-0.05, 0) is 51.0 Å². The quantitative estimate of drug-likeness (QED) is 0.885. The van der Waals surface area contributed by atoms with Crippen molar-refractivity contribution >= 4 is 17.0 Å². The number of aryl methyl sites for hydroxylation is 4. The monoisotopic (exact) mass is 246 g/mol. The maximum atomic E-state index is 4.43. The molecule has 0 radical (unpaired) electrons. The van der Waals surface area contributed by atoms with Gasteiger partial charge in [-0.1, -0.05) is 6.07 Å². The molecule has 1 aromatic heterocycles. The van der Waals surface area contributed by atoms with Gasteiger partial charge in [-0.15, -0.1) is 11.3 Å². The molecule has 0 amide bonds. The average Bonchev–Trinajstić information content (AvgIpc) is 2.59. The summed E-state index contributed by atoms with van der Waals surface area (Å²) in [6, 6.07) is 6.48. The van der Waals surface area contributed by atoms with E-state index in [1.165, 1.54) is 21.7 Å². The topological polar surface area (TPSA) is 24.9 Å². The van der Waals surface area contributed by atoms with Gasteiger partial charge in [0.1, 0.15) is 0 Å². The van der Waals surface area contributed by atoms with Crippen molar-refractivity contribution in [2.45, 2.75) is 34.2 Å². The van der Waals surface area contributed by atoms with Crippen LogP contribution in [-0.2, 0) is 6.54 Å². The second-order valence-electron chi connectivity index (χ2n) is 4.39. The first-order valence-electron chi connectivity index (χ1n) is 5.80. The summed E-state index contributed by atoms with van der Waals surface area (Å²) >= 11 is 1.77. The summed E-state index contributed by atoms with van der Waals surface area (Å²) in [4.78, 5) is 5.75. The maximum Gasteiger partial charge on any atom is 0.0900 e. The normalized spacial score (nSPS) is 10.6. The Bertz CT molecular complexity index is 529. The minimum absolute atomic E-state index is 0.861. The van der Waals surface area contributed by atoms with Crippen LogP contribution in [0.15, 0.2) is 18.2 Å². The number of benzene rings is 1. The van der Waals surface area contributed by atoms with E-state index in [4.69, 9.17) is 0 Å². The zero-order valence-electron chi connectivity index (χ0n) is 10.8. The lowest BCUT2D eigenvalue weighted by molar-refractivity contribution is 1.10. The van der Waals surface area contributed by atoms with E-state index in [1.807, 2.05) is 0 Å². The van der Waals surface area contributed by atoms with Crippen LogP contribution in [0.1, 0.15) is 26.7 Å². The van der Waals surface area contributed by atoms with Crippen LogP contribution in [0.4, 0.5) is 5.69 Å². The van der Waals surface area contributed by atoms with Crippen molar-refractivity contribution in [3.8, 4) is 0 Å². The molecule has 0 unspecified atom stereocenters. The smallest absolute Gasteiger partial charge is 0.0900 e. The molecule has 0 spiro atoms. The predicted molar refractivity (Wildman–Crippen MR) is 74.8 cm³/mol. The Hall–Kier alpha value is -1.35. The molecule has 2 rings (SSSR count). The van der Waals surface area contributed by atoms with Gasteiger partial charge in [-0.2, -0.15) is 0 Å². The second kappa shape index (κ2) is 4.88. The second-order valence-corrected chi connectivity index (χ2v) is 5.68. The third-order valence-electron chi connectivity index (χ3n) is 2.96. The largest absolute Gasteiger partial charge is 0.380 e. The van der Waals surface area contributed by atoms with Gasteiger partial charge < -0.3 is 5.32 Å². The molecule has 0 atom stereocenters. The summed E-state index contributed by atoms with van der Waals surface area (Å²) in [7, 11) is 0. The Kier molecular flexibility index (Phi) is 3.48. The van der Waals surface area contributed by atoms with Crippen molar-refractivity contribution in [1.82, 2.24) is 4.98 Å². The molecule has 3 heteroatoms. The van der Waals surface area contributed by atoms with E-state index < -0.39 is 0 Å². The van der Waals surface area contributed by atoms with E-state index >= 15 is 0 Å². The SMILES string of the molecule is Cc1nc(C)c(CNc2ccc(C)c(C)c2)s1. The third-order valence-corrected chi connectivity index (χ3v) is 4.03. The van der Waals surface area contributed by atoms with Gasteiger partial charge in [-0.25, -0.2) is 4.98 Å². The number of rotatable bonds is 3. The molecule has 0 fully saturated rings. The molecule has 2 aromatic rings. The maximum absolute atomic E-state index is 4.43. The molecule has 1 N–H and O–H groups in total. The number of nitrogens with zero attached hydrogens (tertiary/aromatic N) is 1. The Labute approximate surface area is 107 Å². The molecular weight excluding hydrogens is 228 g/mol. The van der Waals surface area contributed by atoms with Crippen molar-refractivity contribution in [3.63, 3.8) is 0 Å². The van der Waals surface area contributed by atoms with Crippen molar-refractivity contribution < 1.29 is 0 Å². The lowest BCUT2D eigenvalue weighted by Gasteiger charge is -2.07. The van der Waals surface area contributed by atoms with Crippen LogP contribution in [0.25, 0.3) is 0 Å². The number of anilines is 1. The number of thiazole rings is 1. The van der Waals surface area contributed by atoms with Crippen LogP contribution in [0.3, 0.4) is 0 Å². The zero-order chi connectivity index (χ0) is 12.4. The summed E-state index contributed by atoms with van der Waals surface area (Å²) in [5, 5.41) is 4.59. The van der Waals surface area contributed by atoms with E-state index in [1.54, 1.807) is 11.3 Å². The average molecular weight is 246 g/mol. The van der Waals surface area contributed by atoms with Gasteiger partial charge in [0.2, 0.25) is 0 Å². The van der Waals surface area contributed by atoms with Crippen LogP contribution in [0.5, 0.6) is 0 Å². The first-order chi connectivity index (χ1) is 8.06. The molecule has 0 aliphatic carbocycles. The molecule has 17 heavy (non-hydrogen) atoms. The Morgan fingerprint density at radius 3 is 2.47 bits per heavy atom. The summed E-state index contributed by atoms with van der Waals surface area (Å²) < 4.78 is 0. The van der Waals surface area contributed by atoms with Crippen LogP contribution < -0.4 is 5.32 Å². The molecule has 90 valence electrons. The Balaban J connectivity index is 2.07. The predicted octanol–water partition coefficient (Wildman–Crippen LogP) is 3.99. The molecule has 1 heterocycles. The van der Waals surface area contributed by atoms with Gasteiger partial charge in [-0.3, -0.25) is 0 Å². The summed E-state index contributed by atoms with van der Waals surface area (Å²) in [5.74, 6) is 0. The van der Waals surface area contributed by atoms with Crippen LogP contribution in [-0.4, -0.2) is 4.98 Å². The van der Waals surface area contributed by atoms with Crippen LogP contribution >= 0.6 is 11.3 Å². The lowest BCUT2D eigenvalue weighted by atomic mass is 10.1. The first-order valence-corrected chi connectivity index (χ1v) is 6.62. The molecule has 0 aliphatic heterocycles. The fourth-order valence-electron chi connectivity index (χ4n) is 1.77. The minimum atomic E-state index is 0.861. The first kappa shape index (κ1) is 12.1. The van der Waals surface area contributed by atoms with E-state index in [2.05, 4.69) is 56.2 Å². The molecule has 1 aromatic carbocycles. The fourth-order valence-corrected chi connectivity index (χ4v) is 2.65. The van der Waals surface area contributed by atoms with Gasteiger partial charge in [0.05, 0.1) is 17.2 Å². The van der Waals surface area contributed by atoms with Crippen LogP contribution in [0.2, 0.25) is 0 Å². The van der Waals surface area contributed by atoms with Crippen LogP contribution in [0, 0.1) is 27.7 Å². The molecule has 2 nitrogen and oxygen atoms in total. The van der Waals surface area contributed by atoms with Gasteiger partial charge in [0, 0.05) is 10.6 Å². The lowest BCUT2D eigenvalue weighted by Crippen LogP contribution is -1.99. The van der Waals surface area contributed by atoms with E-state index in [9.17, 15) is 0 Å². The van der Waals surface area contributed by atoms with Crippen molar-refractivity contribution in [2.24, 2.45) is 0 Å². The van der Waals surface area contributed by atoms with Crippen molar-refractivity contribution in [1.29, 1.82) is 0 Å². The summed E-state index contributed by atoms with van der Waals surface area (Å²) in [6.45, 7) is 9.26. The molecule has 0 aliphatic rings. The van der Waals surface area contributed by atoms with E-state index in [-0.39, 0.29) is 0 Å². The number of hydrogen-bond acceptors (Lipinski definition) is 3. The molecule has 0 saturated carbocycles.